The van der Waals surface area contributed by atoms with Crippen LogP contribution < -0.4 is 9.64 Å². The number of para-hydroxylation sites is 2. The molecule has 5 aliphatic carbocycles. The summed E-state index contributed by atoms with van der Waals surface area (Å²) >= 11 is 0. The van der Waals surface area contributed by atoms with Gasteiger partial charge in [-0.2, -0.15) is 0 Å². The summed E-state index contributed by atoms with van der Waals surface area (Å²) in [7, 11) is 0. The molecule has 250 valence electrons. The van der Waals surface area contributed by atoms with E-state index in [0.717, 1.165) is 29.0 Å². The van der Waals surface area contributed by atoms with E-state index < -0.39 is 0 Å². The molecule has 6 atom stereocenters. The van der Waals surface area contributed by atoms with Crippen molar-refractivity contribution in [1.82, 2.24) is 0 Å². The van der Waals surface area contributed by atoms with E-state index >= 15 is 0 Å². The minimum Gasteiger partial charge on any atom is -0.456 e. The molecule has 1 aliphatic heterocycles. The molecule has 4 saturated carbocycles. The van der Waals surface area contributed by atoms with Crippen molar-refractivity contribution in [2.45, 2.75) is 82.5 Å². The van der Waals surface area contributed by atoms with E-state index in [-0.39, 0.29) is 16.2 Å². The molecule has 2 bridgehead atoms. The van der Waals surface area contributed by atoms with Crippen molar-refractivity contribution in [2.75, 3.05) is 4.90 Å². The van der Waals surface area contributed by atoms with E-state index in [1.165, 1.54) is 83.3 Å². The van der Waals surface area contributed by atoms with Crippen LogP contribution in [-0.4, -0.2) is 0 Å². The maximum atomic E-state index is 7.27. The number of fused-ring (bicyclic) bond motifs is 8. The third-order valence-corrected chi connectivity index (χ3v) is 15.0. The second-order valence-electron chi connectivity index (χ2n) is 18.1. The molecule has 2 nitrogen and oxygen atoms in total. The maximum absolute atomic E-state index is 7.27. The average Bonchev–Trinajstić information content (AvgIpc) is 3.66. The standard InChI is InChI=1S/C48H47NO/c1-45(2)22-23-46(3,4)40-27-34(18-20-37(40)45)49(33-14-9-6-10-15-33)35-19-21-38-41(28-35)50-44-36(31-12-7-5-8-13-31)16-11-17-39(44)48(38)42-25-30-24-32-26-43(48)47(32,42)29-30/h5-21,27-28,30,32,42-43H,22-26,29H2,1-4H3. The number of ether oxygens (including phenoxy) is 1. The van der Waals surface area contributed by atoms with Gasteiger partial charge in [0.25, 0.3) is 0 Å². The summed E-state index contributed by atoms with van der Waals surface area (Å²) in [6, 6.07) is 43.4. The fourth-order valence-corrected chi connectivity index (χ4v) is 12.9. The monoisotopic (exact) mass is 653 g/mol. The van der Waals surface area contributed by atoms with E-state index in [4.69, 9.17) is 4.74 Å². The molecule has 11 rings (SSSR count). The smallest absolute Gasteiger partial charge is 0.139 e. The van der Waals surface area contributed by atoms with Crippen LogP contribution in [-0.2, 0) is 16.2 Å². The van der Waals surface area contributed by atoms with Gasteiger partial charge in [0.15, 0.2) is 0 Å². The first kappa shape index (κ1) is 29.4. The highest BCUT2D eigenvalue weighted by atomic mass is 16.5. The third kappa shape index (κ3) is 3.56. The topological polar surface area (TPSA) is 12.5 Å². The zero-order chi connectivity index (χ0) is 33.6. The van der Waals surface area contributed by atoms with Gasteiger partial charge in [0, 0.05) is 45.2 Å². The Morgan fingerprint density at radius 3 is 2.02 bits per heavy atom. The number of benzene rings is 5. The largest absolute Gasteiger partial charge is 0.456 e. The molecule has 0 saturated heterocycles. The fraction of sp³-hybridized carbons (Fsp3) is 0.375. The van der Waals surface area contributed by atoms with Crippen LogP contribution in [0.1, 0.15) is 88.5 Å². The summed E-state index contributed by atoms with van der Waals surface area (Å²) in [6.07, 6.45) is 8.11. The van der Waals surface area contributed by atoms with Gasteiger partial charge in [-0.25, -0.2) is 0 Å². The van der Waals surface area contributed by atoms with Crippen LogP contribution in [0.5, 0.6) is 11.5 Å². The molecule has 0 aromatic heterocycles. The summed E-state index contributed by atoms with van der Waals surface area (Å²) in [4.78, 5) is 2.46. The van der Waals surface area contributed by atoms with Gasteiger partial charge < -0.3 is 9.64 Å². The van der Waals surface area contributed by atoms with Gasteiger partial charge in [-0.05, 0) is 125 Å². The summed E-state index contributed by atoms with van der Waals surface area (Å²) in [5.74, 6) is 5.43. The SMILES string of the molecule is CC1(C)CCC(C)(C)c2cc(N(c3ccccc3)c3ccc4c(c3)Oc3c(-c5ccccc5)cccc3C43C4CC5CC6CC3C64C5)ccc21. The molecule has 5 aromatic rings. The Kier molecular flexibility index (Phi) is 5.72. The van der Waals surface area contributed by atoms with Crippen LogP contribution in [0.15, 0.2) is 115 Å². The van der Waals surface area contributed by atoms with Crippen LogP contribution >= 0.6 is 0 Å². The highest BCUT2D eigenvalue weighted by molar-refractivity contribution is 5.82. The molecule has 6 aliphatic rings. The van der Waals surface area contributed by atoms with Crippen molar-refractivity contribution in [3.63, 3.8) is 0 Å². The summed E-state index contributed by atoms with van der Waals surface area (Å²) in [6.45, 7) is 9.69. The summed E-state index contributed by atoms with van der Waals surface area (Å²) in [5.41, 5.74) is 12.8. The Hall–Kier alpha value is -4.30. The highest BCUT2D eigenvalue weighted by Crippen LogP contribution is 2.89. The van der Waals surface area contributed by atoms with Gasteiger partial charge in [-0.1, -0.05) is 107 Å². The molecule has 4 fully saturated rings. The van der Waals surface area contributed by atoms with Gasteiger partial charge >= 0.3 is 0 Å². The van der Waals surface area contributed by atoms with Crippen molar-refractivity contribution >= 4 is 17.1 Å². The van der Waals surface area contributed by atoms with E-state index in [9.17, 15) is 0 Å². The minimum atomic E-state index is 0.0386. The zero-order valence-electron chi connectivity index (χ0n) is 29.9. The molecule has 2 spiro atoms. The number of hydrogen-bond donors (Lipinski definition) is 0. The van der Waals surface area contributed by atoms with E-state index in [0.29, 0.717) is 17.3 Å². The summed E-state index contributed by atoms with van der Waals surface area (Å²) in [5, 5.41) is 0. The Bertz CT molecular complexity index is 2200. The number of anilines is 3. The van der Waals surface area contributed by atoms with Crippen molar-refractivity contribution in [2.24, 2.45) is 29.1 Å². The number of hydrogen-bond acceptors (Lipinski definition) is 2. The van der Waals surface area contributed by atoms with Crippen molar-refractivity contribution in [3.05, 3.63) is 138 Å². The normalized spacial score (nSPS) is 31.0. The average molecular weight is 654 g/mol. The van der Waals surface area contributed by atoms with Crippen molar-refractivity contribution < 1.29 is 4.74 Å². The van der Waals surface area contributed by atoms with Crippen LogP contribution in [0.25, 0.3) is 11.1 Å². The molecular formula is C48H47NO. The Balaban J connectivity index is 1.11. The van der Waals surface area contributed by atoms with Crippen molar-refractivity contribution in [3.8, 4) is 22.6 Å². The molecular weight excluding hydrogens is 607 g/mol. The molecule has 0 N–H and O–H groups in total. The lowest BCUT2D eigenvalue weighted by molar-refractivity contribution is -0.235. The quantitative estimate of drug-likeness (QED) is 0.191. The fourth-order valence-electron chi connectivity index (χ4n) is 12.9. The van der Waals surface area contributed by atoms with Crippen LogP contribution in [0.4, 0.5) is 17.1 Å². The first-order valence-corrected chi connectivity index (χ1v) is 19.2. The first-order valence-electron chi connectivity index (χ1n) is 19.2. The van der Waals surface area contributed by atoms with Crippen LogP contribution in [0.2, 0.25) is 0 Å². The predicted molar refractivity (Wildman–Crippen MR) is 204 cm³/mol. The molecule has 1 heterocycles. The number of rotatable bonds is 4. The van der Waals surface area contributed by atoms with Gasteiger partial charge in [-0.3, -0.25) is 0 Å². The Labute approximate surface area is 297 Å². The van der Waals surface area contributed by atoms with Gasteiger partial charge in [0.1, 0.15) is 11.5 Å². The molecule has 5 aromatic carbocycles. The predicted octanol–water partition coefficient (Wildman–Crippen LogP) is 12.6. The lowest BCUT2D eigenvalue weighted by atomic mass is 9.26. The van der Waals surface area contributed by atoms with Crippen molar-refractivity contribution in [1.29, 1.82) is 0 Å². The molecule has 2 heteroatoms. The van der Waals surface area contributed by atoms with E-state index in [2.05, 4.69) is 148 Å². The summed E-state index contributed by atoms with van der Waals surface area (Å²) < 4.78 is 7.27. The Morgan fingerprint density at radius 2 is 1.26 bits per heavy atom. The molecule has 6 unspecified atom stereocenters. The lowest BCUT2D eigenvalue weighted by Gasteiger charge is -2.77. The lowest BCUT2D eigenvalue weighted by Crippen LogP contribution is -2.74. The van der Waals surface area contributed by atoms with E-state index in [1.807, 2.05) is 0 Å². The van der Waals surface area contributed by atoms with Gasteiger partial charge in [0.05, 0.1) is 0 Å². The number of nitrogens with zero attached hydrogens (tertiary/aromatic N) is 1. The Morgan fingerprint density at radius 1 is 0.580 bits per heavy atom. The molecule has 0 amide bonds. The zero-order valence-corrected chi connectivity index (χ0v) is 29.9. The molecule has 0 radical (unpaired) electrons. The second kappa shape index (κ2) is 9.72. The third-order valence-electron chi connectivity index (χ3n) is 15.0. The van der Waals surface area contributed by atoms with Gasteiger partial charge in [0.2, 0.25) is 0 Å². The first-order chi connectivity index (χ1) is 24.2. The maximum Gasteiger partial charge on any atom is 0.139 e. The van der Waals surface area contributed by atoms with Gasteiger partial charge in [-0.15, -0.1) is 0 Å². The van der Waals surface area contributed by atoms with Crippen LogP contribution in [0, 0.1) is 29.1 Å². The highest BCUT2D eigenvalue weighted by Gasteiger charge is 2.84. The van der Waals surface area contributed by atoms with Crippen LogP contribution in [0.3, 0.4) is 0 Å². The second-order valence-corrected chi connectivity index (χ2v) is 18.1. The molecule has 50 heavy (non-hydrogen) atoms. The van der Waals surface area contributed by atoms with E-state index in [1.54, 1.807) is 0 Å². The minimum absolute atomic E-state index is 0.0386.